The maximum absolute atomic E-state index is 13.8. The minimum atomic E-state index is -4.47. The molecule has 0 bridgehead atoms. The van der Waals surface area contributed by atoms with Crippen molar-refractivity contribution in [3.63, 3.8) is 0 Å². The van der Waals surface area contributed by atoms with Crippen LogP contribution in [0.5, 0.6) is 5.75 Å². The number of carboxylic acid groups (broad SMARTS) is 1. The molecule has 1 heterocycles. The highest BCUT2D eigenvalue weighted by Crippen LogP contribution is 2.39. The predicted octanol–water partition coefficient (Wildman–Crippen LogP) is 5.01. The van der Waals surface area contributed by atoms with Gasteiger partial charge in [0.05, 0.1) is 17.0 Å². The lowest BCUT2D eigenvalue weighted by Gasteiger charge is -2.34. The number of allylic oxidation sites excluding steroid dienone is 2. The van der Waals surface area contributed by atoms with Gasteiger partial charge in [0, 0.05) is 12.0 Å². The first kappa shape index (κ1) is 28.6. The number of fused-ring (bicyclic) bond motifs is 1. The summed E-state index contributed by atoms with van der Waals surface area (Å²) in [6.07, 6.45) is 4.54. The number of furan rings is 1. The molecule has 1 aliphatic rings. The number of ether oxygens (including phenoxy) is 1. The molecule has 4 rings (SSSR count). The fraction of sp³-hybridized carbons (Fsp3) is 0.286. The minimum absolute atomic E-state index is 0.0825. The summed E-state index contributed by atoms with van der Waals surface area (Å²) in [5.41, 5.74) is 2.50. The number of aryl methyl sites for hydroxylation is 1. The molecule has 206 valence electrons. The number of aliphatic carboxylic acids is 1. The molecule has 11 heteroatoms. The Morgan fingerprint density at radius 1 is 1.15 bits per heavy atom. The van der Waals surface area contributed by atoms with E-state index in [4.69, 9.17) is 9.15 Å². The van der Waals surface area contributed by atoms with E-state index in [1.165, 1.54) is 13.2 Å². The Labute approximate surface area is 235 Å². The molecule has 0 spiro atoms. The average molecular weight is 618 g/mol. The number of hydrogen-bond donors (Lipinski definition) is 3. The van der Waals surface area contributed by atoms with Crippen molar-refractivity contribution in [2.24, 2.45) is 5.92 Å². The second-order valence-electron chi connectivity index (χ2n) is 9.60. The van der Waals surface area contributed by atoms with Crippen LogP contribution < -0.4 is 14.8 Å². The third-order valence-electron chi connectivity index (χ3n) is 6.69. The Balaban J connectivity index is 1.77. The van der Waals surface area contributed by atoms with Crippen LogP contribution in [0, 0.1) is 12.8 Å². The van der Waals surface area contributed by atoms with Gasteiger partial charge in [-0.15, -0.1) is 0 Å². The first-order valence-corrected chi connectivity index (χ1v) is 14.5. The van der Waals surface area contributed by atoms with E-state index in [1.54, 1.807) is 45.1 Å². The third-order valence-corrected chi connectivity index (χ3v) is 9.25. The highest BCUT2D eigenvalue weighted by Gasteiger charge is 2.46. The summed E-state index contributed by atoms with van der Waals surface area (Å²) in [5, 5.41) is 12.9. The van der Waals surface area contributed by atoms with E-state index >= 15 is 0 Å². The van der Waals surface area contributed by atoms with Crippen LogP contribution >= 0.6 is 15.9 Å². The monoisotopic (exact) mass is 616 g/mol. The molecule has 1 aliphatic carbocycles. The molecule has 0 saturated heterocycles. The number of sulfonamides is 1. The number of carbonyl (C=O) groups excluding carboxylic acids is 1. The van der Waals surface area contributed by atoms with Gasteiger partial charge in [-0.2, -0.15) is 4.72 Å². The van der Waals surface area contributed by atoms with Gasteiger partial charge in [0.2, 0.25) is 10.0 Å². The first-order chi connectivity index (χ1) is 18.4. The molecular weight excluding hydrogens is 588 g/mol. The summed E-state index contributed by atoms with van der Waals surface area (Å²) in [6.45, 7) is 4.87. The van der Waals surface area contributed by atoms with Crippen molar-refractivity contribution in [2.75, 3.05) is 7.11 Å². The molecule has 2 aromatic carbocycles. The summed E-state index contributed by atoms with van der Waals surface area (Å²) in [5.74, 6) is -2.24. The SMILES string of the molecule is COc1c(Br)ccc2oc(C(=O)NC3(S(=O)(=O)N[C@H](C(=O)O)C(C)C)C=CC(c4ccccc4)=CC3)c(C)c12. The van der Waals surface area contributed by atoms with Crippen molar-refractivity contribution in [1.29, 1.82) is 0 Å². The van der Waals surface area contributed by atoms with E-state index in [0.717, 1.165) is 11.1 Å². The van der Waals surface area contributed by atoms with Gasteiger partial charge in [0.25, 0.3) is 5.91 Å². The van der Waals surface area contributed by atoms with Crippen LogP contribution in [0.1, 0.15) is 41.9 Å². The van der Waals surface area contributed by atoms with Crippen LogP contribution in [0.2, 0.25) is 0 Å². The summed E-state index contributed by atoms with van der Waals surface area (Å²) in [7, 11) is -2.98. The topological polar surface area (TPSA) is 135 Å². The Morgan fingerprint density at radius 2 is 1.85 bits per heavy atom. The number of halogens is 1. The molecule has 0 saturated carbocycles. The number of carbonyl (C=O) groups is 2. The van der Waals surface area contributed by atoms with Gasteiger partial charge in [0.1, 0.15) is 17.4 Å². The fourth-order valence-corrected chi connectivity index (χ4v) is 6.70. The van der Waals surface area contributed by atoms with Crippen molar-refractivity contribution < 1.29 is 32.3 Å². The summed E-state index contributed by atoms with van der Waals surface area (Å²) >= 11 is 3.42. The summed E-state index contributed by atoms with van der Waals surface area (Å²) in [6, 6.07) is 11.4. The summed E-state index contributed by atoms with van der Waals surface area (Å²) < 4.78 is 41.9. The van der Waals surface area contributed by atoms with Crippen LogP contribution in [0.4, 0.5) is 0 Å². The molecule has 39 heavy (non-hydrogen) atoms. The number of amides is 1. The second kappa shape index (κ2) is 11.0. The minimum Gasteiger partial charge on any atom is -0.495 e. The third kappa shape index (κ3) is 5.39. The fourth-order valence-electron chi connectivity index (χ4n) is 4.51. The normalized spacial score (nSPS) is 18.2. The zero-order valence-electron chi connectivity index (χ0n) is 21.8. The number of rotatable bonds is 9. The van der Waals surface area contributed by atoms with Gasteiger partial charge in [0.15, 0.2) is 10.6 Å². The molecule has 0 fully saturated rings. The van der Waals surface area contributed by atoms with Crippen LogP contribution in [0.15, 0.2) is 69.6 Å². The molecular formula is C28H29BrN2O7S. The van der Waals surface area contributed by atoms with Gasteiger partial charge < -0.3 is 19.6 Å². The largest absolute Gasteiger partial charge is 0.495 e. The van der Waals surface area contributed by atoms with Gasteiger partial charge in [-0.1, -0.05) is 56.3 Å². The van der Waals surface area contributed by atoms with E-state index in [9.17, 15) is 23.1 Å². The molecule has 1 amide bonds. The summed E-state index contributed by atoms with van der Waals surface area (Å²) in [4.78, 5) is 23.5. The maximum atomic E-state index is 13.8. The van der Waals surface area contributed by atoms with E-state index in [-0.39, 0.29) is 12.2 Å². The second-order valence-corrected chi connectivity index (χ2v) is 12.4. The highest BCUT2D eigenvalue weighted by molar-refractivity contribution is 9.10. The molecule has 1 unspecified atom stereocenters. The quantitative estimate of drug-likeness (QED) is 0.307. The van der Waals surface area contributed by atoms with E-state index in [1.807, 2.05) is 30.3 Å². The average Bonchev–Trinajstić information content (AvgIpc) is 3.24. The van der Waals surface area contributed by atoms with Crippen molar-refractivity contribution in [1.82, 2.24) is 10.0 Å². The van der Waals surface area contributed by atoms with E-state index < -0.39 is 38.7 Å². The maximum Gasteiger partial charge on any atom is 0.321 e. The Bertz CT molecular complexity index is 1590. The van der Waals surface area contributed by atoms with Crippen LogP contribution in [-0.2, 0) is 14.8 Å². The molecule has 3 N–H and O–H groups in total. The lowest BCUT2D eigenvalue weighted by Crippen LogP contribution is -2.60. The molecule has 1 aromatic heterocycles. The zero-order chi connectivity index (χ0) is 28.5. The number of hydrogen-bond acceptors (Lipinski definition) is 6. The van der Waals surface area contributed by atoms with Gasteiger partial charge in [-0.25, -0.2) is 8.42 Å². The molecule has 9 nitrogen and oxygen atoms in total. The molecule has 0 aliphatic heterocycles. The first-order valence-electron chi connectivity index (χ1n) is 12.2. The Morgan fingerprint density at radius 3 is 2.41 bits per heavy atom. The van der Waals surface area contributed by atoms with E-state index in [0.29, 0.717) is 26.8 Å². The van der Waals surface area contributed by atoms with Crippen molar-refractivity contribution in [2.45, 2.75) is 38.1 Å². The molecule has 3 aromatic rings. The Hall–Kier alpha value is -3.41. The van der Waals surface area contributed by atoms with Crippen molar-refractivity contribution in [3.05, 3.63) is 82.1 Å². The van der Waals surface area contributed by atoms with Gasteiger partial charge in [-0.3, -0.25) is 9.59 Å². The van der Waals surface area contributed by atoms with Crippen LogP contribution in [0.25, 0.3) is 16.5 Å². The molecule has 2 atom stereocenters. The van der Waals surface area contributed by atoms with E-state index in [2.05, 4.69) is 26.0 Å². The molecule has 0 radical (unpaired) electrons. The van der Waals surface area contributed by atoms with Gasteiger partial charge in [-0.05, 0) is 58.1 Å². The lowest BCUT2D eigenvalue weighted by atomic mass is 9.96. The van der Waals surface area contributed by atoms with Crippen molar-refractivity contribution >= 4 is 54.4 Å². The van der Waals surface area contributed by atoms with Crippen LogP contribution in [-0.4, -0.2) is 43.4 Å². The predicted molar refractivity (Wildman–Crippen MR) is 152 cm³/mol. The van der Waals surface area contributed by atoms with Gasteiger partial charge >= 0.3 is 5.97 Å². The van der Waals surface area contributed by atoms with Crippen molar-refractivity contribution in [3.8, 4) is 5.75 Å². The highest BCUT2D eigenvalue weighted by atomic mass is 79.9. The smallest absolute Gasteiger partial charge is 0.321 e. The number of methoxy groups -OCH3 is 1. The number of benzene rings is 2. The Kier molecular flexibility index (Phi) is 8.06. The zero-order valence-corrected chi connectivity index (χ0v) is 24.2. The number of nitrogens with one attached hydrogen (secondary N) is 2. The number of carboxylic acids is 1. The standard InChI is InChI=1S/C28H29BrN2O7S/c1-16(2)23(27(33)34)31-39(35,36)28(14-12-19(13-15-28)18-8-6-5-7-9-18)30-26(32)24-17(3)22-21(38-24)11-10-20(29)25(22)37-4/h5-14,16,23,31H,15H2,1-4H3,(H,30,32)(H,33,34)/t23-,28?/m0/s1. The van der Waals surface area contributed by atoms with Crippen LogP contribution in [0.3, 0.4) is 0 Å². The lowest BCUT2D eigenvalue weighted by molar-refractivity contribution is -0.140.